The lowest BCUT2D eigenvalue weighted by Gasteiger charge is -2.25. The van der Waals surface area contributed by atoms with Gasteiger partial charge in [0.25, 0.3) is 0 Å². The second kappa shape index (κ2) is 10.4. The number of guanidine groups is 1. The lowest BCUT2D eigenvalue weighted by Crippen LogP contribution is -2.37. The molecule has 1 aliphatic carbocycles. The van der Waals surface area contributed by atoms with E-state index >= 15 is 0 Å². The summed E-state index contributed by atoms with van der Waals surface area (Å²) >= 11 is 0. The molecule has 0 spiro atoms. The van der Waals surface area contributed by atoms with Crippen molar-refractivity contribution in [1.29, 1.82) is 0 Å². The molecule has 2 amide bonds. The summed E-state index contributed by atoms with van der Waals surface area (Å²) in [5, 5.41) is 8.74. The molecule has 0 atom stereocenters. The zero-order chi connectivity index (χ0) is 16.7. The molecule has 1 fully saturated rings. The number of halogens is 1. The predicted octanol–water partition coefficient (Wildman–Crippen LogP) is 3.04. The maximum absolute atomic E-state index is 11.6. The number of rotatable bonds is 6. The summed E-state index contributed by atoms with van der Waals surface area (Å²) in [6.45, 7) is 5.29. The molecule has 134 valence electrons. The van der Waals surface area contributed by atoms with E-state index < -0.39 is 0 Å². The lowest BCUT2D eigenvalue weighted by atomic mass is 9.85. The van der Waals surface area contributed by atoms with Gasteiger partial charge in [0.05, 0.1) is 6.54 Å². The van der Waals surface area contributed by atoms with Crippen LogP contribution in [0.3, 0.4) is 0 Å². The van der Waals surface area contributed by atoms with Gasteiger partial charge < -0.3 is 21.7 Å². The topological polar surface area (TPSA) is 91.5 Å². The SMILES string of the molecule is CC(C)NC(=O)Nc1ccc(CN=C(N)NCC2CCC2)cc1.I. The van der Waals surface area contributed by atoms with Crippen molar-refractivity contribution in [3.8, 4) is 0 Å². The number of aliphatic imine (C=N–C) groups is 1. The first-order chi connectivity index (χ1) is 11.0. The van der Waals surface area contributed by atoms with Crippen molar-refractivity contribution >= 4 is 41.7 Å². The van der Waals surface area contributed by atoms with Crippen LogP contribution in [0.5, 0.6) is 0 Å². The molecule has 6 nitrogen and oxygen atoms in total. The quantitative estimate of drug-likeness (QED) is 0.308. The number of carbonyl (C=O) groups excluding carboxylic acids is 1. The van der Waals surface area contributed by atoms with Crippen molar-refractivity contribution < 1.29 is 4.79 Å². The Kier molecular flexibility index (Phi) is 8.88. The Hall–Kier alpha value is -1.51. The molecule has 1 saturated carbocycles. The van der Waals surface area contributed by atoms with Crippen molar-refractivity contribution in [1.82, 2.24) is 10.6 Å². The number of anilines is 1. The lowest BCUT2D eigenvalue weighted by molar-refractivity contribution is 0.250. The number of urea groups is 1. The zero-order valence-electron chi connectivity index (χ0n) is 14.3. The highest BCUT2D eigenvalue weighted by Gasteiger charge is 2.16. The maximum atomic E-state index is 11.6. The first-order valence-corrected chi connectivity index (χ1v) is 8.23. The highest BCUT2D eigenvalue weighted by atomic mass is 127. The van der Waals surface area contributed by atoms with Gasteiger partial charge in [0, 0.05) is 18.3 Å². The van der Waals surface area contributed by atoms with Crippen molar-refractivity contribution in [2.45, 2.75) is 45.7 Å². The Labute approximate surface area is 161 Å². The Morgan fingerprint density at radius 2 is 1.96 bits per heavy atom. The molecule has 0 bridgehead atoms. The molecule has 7 heteroatoms. The fourth-order valence-corrected chi connectivity index (χ4v) is 2.30. The summed E-state index contributed by atoms with van der Waals surface area (Å²) < 4.78 is 0. The smallest absolute Gasteiger partial charge is 0.319 e. The minimum Gasteiger partial charge on any atom is -0.370 e. The molecule has 1 aromatic rings. The van der Waals surface area contributed by atoms with E-state index in [1.165, 1.54) is 19.3 Å². The maximum Gasteiger partial charge on any atom is 0.319 e. The molecule has 0 aromatic heterocycles. The average Bonchev–Trinajstić information content (AvgIpc) is 2.44. The van der Waals surface area contributed by atoms with E-state index in [1.54, 1.807) is 0 Å². The molecule has 24 heavy (non-hydrogen) atoms. The summed E-state index contributed by atoms with van der Waals surface area (Å²) in [7, 11) is 0. The monoisotopic (exact) mass is 445 g/mol. The van der Waals surface area contributed by atoms with Gasteiger partial charge in [-0.05, 0) is 50.3 Å². The van der Waals surface area contributed by atoms with Crippen molar-refractivity contribution in [2.24, 2.45) is 16.6 Å². The van der Waals surface area contributed by atoms with Crippen molar-refractivity contribution in [2.75, 3.05) is 11.9 Å². The van der Waals surface area contributed by atoms with Gasteiger partial charge in [-0.25, -0.2) is 9.79 Å². The molecule has 2 rings (SSSR count). The van der Waals surface area contributed by atoms with Crippen LogP contribution in [0.1, 0.15) is 38.7 Å². The van der Waals surface area contributed by atoms with Crippen LogP contribution in [-0.2, 0) is 6.54 Å². The van der Waals surface area contributed by atoms with E-state index in [9.17, 15) is 4.79 Å². The number of benzene rings is 1. The molecule has 0 radical (unpaired) electrons. The molecule has 0 aliphatic heterocycles. The van der Waals surface area contributed by atoms with Crippen LogP contribution in [-0.4, -0.2) is 24.6 Å². The van der Waals surface area contributed by atoms with Gasteiger partial charge in [0.15, 0.2) is 5.96 Å². The Bertz CT molecular complexity index is 540. The van der Waals surface area contributed by atoms with Gasteiger partial charge in [0.1, 0.15) is 0 Å². The van der Waals surface area contributed by atoms with Crippen LogP contribution >= 0.6 is 24.0 Å². The molecule has 1 aromatic carbocycles. The van der Waals surface area contributed by atoms with Gasteiger partial charge in [0.2, 0.25) is 0 Å². The number of carbonyl (C=O) groups is 1. The van der Waals surface area contributed by atoms with Crippen LogP contribution in [0.2, 0.25) is 0 Å². The van der Waals surface area contributed by atoms with E-state index in [0.717, 1.165) is 23.7 Å². The van der Waals surface area contributed by atoms with Crippen LogP contribution in [0.4, 0.5) is 10.5 Å². The zero-order valence-corrected chi connectivity index (χ0v) is 16.7. The van der Waals surface area contributed by atoms with Gasteiger partial charge in [-0.3, -0.25) is 0 Å². The predicted molar refractivity (Wildman–Crippen MR) is 110 cm³/mol. The standard InChI is InChI=1S/C17H27N5O.HI/c1-12(2)21-17(23)22-15-8-6-14(7-9-15)11-20-16(18)19-10-13-4-3-5-13;/h6-9,12-13H,3-5,10-11H2,1-2H3,(H3,18,19,20)(H2,21,22,23);1H. The van der Waals surface area contributed by atoms with Crippen LogP contribution < -0.4 is 21.7 Å². The van der Waals surface area contributed by atoms with Crippen LogP contribution in [0.25, 0.3) is 0 Å². The van der Waals surface area contributed by atoms with E-state index in [1.807, 2.05) is 38.1 Å². The Balaban J connectivity index is 0.00000288. The molecule has 0 saturated heterocycles. The first-order valence-electron chi connectivity index (χ1n) is 8.23. The van der Waals surface area contributed by atoms with E-state index in [-0.39, 0.29) is 36.0 Å². The number of nitrogens with zero attached hydrogens (tertiary/aromatic N) is 1. The Morgan fingerprint density at radius 1 is 1.29 bits per heavy atom. The molecule has 0 heterocycles. The van der Waals surface area contributed by atoms with Gasteiger partial charge in [-0.2, -0.15) is 0 Å². The number of amides is 2. The summed E-state index contributed by atoms with van der Waals surface area (Å²) in [5.41, 5.74) is 7.67. The summed E-state index contributed by atoms with van der Waals surface area (Å²) in [6.07, 6.45) is 3.91. The van der Waals surface area contributed by atoms with Crippen LogP contribution in [0, 0.1) is 5.92 Å². The van der Waals surface area contributed by atoms with E-state index in [0.29, 0.717) is 12.5 Å². The third-order valence-electron chi connectivity index (χ3n) is 3.86. The number of nitrogens with two attached hydrogens (primary N) is 1. The average molecular weight is 445 g/mol. The minimum atomic E-state index is -0.199. The first kappa shape index (κ1) is 20.5. The number of hydrogen-bond donors (Lipinski definition) is 4. The fourth-order valence-electron chi connectivity index (χ4n) is 2.30. The molecule has 1 aliphatic rings. The fraction of sp³-hybridized carbons (Fsp3) is 0.529. The molecular weight excluding hydrogens is 417 g/mol. The van der Waals surface area contributed by atoms with Gasteiger partial charge in [-0.15, -0.1) is 24.0 Å². The van der Waals surface area contributed by atoms with Crippen LogP contribution in [0.15, 0.2) is 29.3 Å². The summed E-state index contributed by atoms with van der Waals surface area (Å²) in [5.74, 6) is 1.25. The highest BCUT2D eigenvalue weighted by Crippen LogP contribution is 2.24. The normalized spacial score (nSPS) is 14.5. The third-order valence-corrected chi connectivity index (χ3v) is 3.86. The van der Waals surface area contributed by atoms with Crippen molar-refractivity contribution in [3.63, 3.8) is 0 Å². The largest absolute Gasteiger partial charge is 0.370 e. The minimum absolute atomic E-state index is 0. The van der Waals surface area contributed by atoms with Crippen molar-refractivity contribution in [3.05, 3.63) is 29.8 Å². The van der Waals surface area contributed by atoms with E-state index in [4.69, 9.17) is 5.73 Å². The summed E-state index contributed by atoms with van der Waals surface area (Å²) in [6, 6.07) is 7.52. The highest BCUT2D eigenvalue weighted by molar-refractivity contribution is 14.0. The second-order valence-electron chi connectivity index (χ2n) is 6.33. The second-order valence-corrected chi connectivity index (χ2v) is 6.33. The van der Waals surface area contributed by atoms with Gasteiger partial charge >= 0.3 is 6.03 Å². The Morgan fingerprint density at radius 3 is 2.50 bits per heavy atom. The third kappa shape index (κ3) is 7.37. The van der Waals surface area contributed by atoms with Gasteiger partial charge in [-0.1, -0.05) is 18.6 Å². The van der Waals surface area contributed by atoms with E-state index in [2.05, 4.69) is 20.9 Å². The number of nitrogens with one attached hydrogen (secondary N) is 3. The molecule has 5 N–H and O–H groups in total. The number of hydrogen-bond acceptors (Lipinski definition) is 2. The molecule has 0 unspecified atom stereocenters. The summed E-state index contributed by atoms with van der Waals surface area (Å²) in [4.78, 5) is 15.9. The molecular formula is C17H28IN5O.